The lowest BCUT2D eigenvalue weighted by Crippen LogP contribution is -2.27. The van der Waals surface area contributed by atoms with E-state index >= 15 is 0 Å². The first-order valence-corrected chi connectivity index (χ1v) is 9.02. The van der Waals surface area contributed by atoms with E-state index in [4.69, 9.17) is 4.42 Å². The molecule has 0 aliphatic rings. The third-order valence-electron chi connectivity index (χ3n) is 3.57. The molecule has 0 fully saturated rings. The van der Waals surface area contributed by atoms with Crippen molar-refractivity contribution in [1.29, 1.82) is 0 Å². The summed E-state index contributed by atoms with van der Waals surface area (Å²) in [7, 11) is -3.34. The Bertz CT molecular complexity index is 916. The summed E-state index contributed by atoms with van der Waals surface area (Å²) >= 11 is 0. The Hall–Kier alpha value is -2.18. The highest BCUT2D eigenvalue weighted by molar-refractivity contribution is 7.88. The minimum atomic E-state index is -3.34. The van der Waals surface area contributed by atoms with Crippen LogP contribution < -0.4 is 4.72 Å². The lowest BCUT2D eigenvalue weighted by Gasteiger charge is -2.07. The van der Waals surface area contributed by atoms with Crippen molar-refractivity contribution in [3.05, 3.63) is 65.5 Å². The predicted octanol–water partition coefficient (Wildman–Crippen LogP) is 2.80. The zero-order valence-electron chi connectivity index (χ0n) is 12.8. The molecule has 0 bridgehead atoms. The second-order valence-corrected chi connectivity index (χ2v) is 7.35. The Morgan fingerprint density at radius 2 is 2.00 bits per heavy atom. The van der Waals surface area contributed by atoms with Crippen molar-refractivity contribution >= 4 is 21.1 Å². The van der Waals surface area contributed by atoms with Crippen LogP contribution in [0.2, 0.25) is 0 Å². The van der Waals surface area contributed by atoms with Crippen LogP contribution in [-0.2, 0) is 22.2 Å². The number of nitrogens with one attached hydrogen (secondary N) is 1. The highest BCUT2D eigenvalue weighted by Crippen LogP contribution is 2.14. The normalized spacial score (nSPS) is 11.9. The molecule has 0 radical (unpaired) electrons. The van der Waals surface area contributed by atoms with Crippen LogP contribution in [0.15, 0.2) is 53.3 Å². The van der Waals surface area contributed by atoms with E-state index in [1.54, 1.807) is 0 Å². The van der Waals surface area contributed by atoms with Crippen molar-refractivity contribution in [3.8, 4) is 0 Å². The van der Waals surface area contributed by atoms with Gasteiger partial charge in [-0.3, -0.25) is 0 Å². The Kier molecular flexibility index (Phi) is 4.45. The average molecular weight is 330 g/mol. The fraction of sp³-hybridized carbons (Fsp3) is 0.235. The van der Waals surface area contributed by atoms with Crippen LogP contribution in [0, 0.1) is 6.92 Å². The lowest BCUT2D eigenvalue weighted by atomic mass is 10.1. The van der Waals surface area contributed by atoms with Gasteiger partial charge >= 0.3 is 0 Å². The molecular weight excluding hydrogens is 312 g/mol. The minimum absolute atomic E-state index is 0.00415. The van der Waals surface area contributed by atoms with Gasteiger partial charge in [0.2, 0.25) is 10.0 Å². The summed E-state index contributed by atoms with van der Waals surface area (Å²) in [5.41, 5.74) is 4.37. The SMILES string of the molecule is Cc1cccc(CS(=O)(=O)NCCc2ccc3ncoc3c2)c1. The number of hydrogen-bond donors (Lipinski definition) is 1. The van der Waals surface area contributed by atoms with Gasteiger partial charge in [-0.25, -0.2) is 18.1 Å². The van der Waals surface area contributed by atoms with Gasteiger partial charge in [0.15, 0.2) is 12.0 Å². The lowest BCUT2D eigenvalue weighted by molar-refractivity contribution is 0.580. The topological polar surface area (TPSA) is 72.2 Å². The van der Waals surface area contributed by atoms with Crippen LogP contribution >= 0.6 is 0 Å². The molecule has 0 unspecified atom stereocenters. The van der Waals surface area contributed by atoms with E-state index in [-0.39, 0.29) is 5.75 Å². The van der Waals surface area contributed by atoms with E-state index in [9.17, 15) is 8.42 Å². The van der Waals surface area contributed by atoms with Gasteiger partial charge in [-0.05, 0) is 36.6 Å². The summed E-state index contributed by atoms with van der Waals surface area (Å²) < 4.78 is 32.2. The van der Waals surface area contributed by atoms with E-state index in [1.165, 1.54) is 6.39 Å². The third kappa shape index (κ3) is 4.18. The summed E-state index contributed by atoms with van der Waals surface area (Å²) in [6.45, 7) is 2.30. The molecule has 1 N–H and O–H groups in total. The van der Waals surface area contributed by atoms with Crippen molar-refractivity contribution in [2.45, 2.75) is 19.1 Å². The van der Waals surface area contributed by atoms with Crippen LogP contribution in [0.3, 0.4) is 0 Å². The number of oxazole rings is 1. The molecule has 120 valence electrons. The van der Waals surface area contributed by atoms with E-state index < -0.39 is 10.0 Å². The van der Waals surface area contributed by atoms with Gasteiger partial charge in [0.25, 0.3) is 0 Å². The third-order valence-corrected chi connectivity index (χ3v) is 4.93. The molecule has 3 aromatic rings. The Morgan fingerprint density at radius 1 is 1.13 bits per heavy atom. The van der Waals surface area contributed by atoms with Crippen molar-refractivity contribution in [1.82, 2.24) is 9.71 Å². The van der Waals surface area contributed by atoms with Crippen molar-refractivity contribution < 1.29 is 12.8 Å². The molecule has 0 amide bonds. The Labute approximate surface area is 135 Å². The largest absolute Gasteiger partial charge is 0.443 e. The minimum Gasteiger partial charge on any atom is -0.443 e. The average Bonchev–Trinajstić information content (AvgIpc) is 2.94. The monoisotopic (exact) mass is 330 g/mol. The molecule has 1 aromatic heterocycles. The number of nitrogens with zero attached hydrogens (tertiary/aromatic N) is 1. The second-order valence-electron chi connectivity index (χ2n) is 5.55. The van der Waals surface area contributed by atoms with Crippen LogP contribution in [0.5, 0.6) is 0 Å². The number of rotatable bonds is 6. The summed E-state index contributed by atoms with van der Waals surface area (Å²) in [6.07, 6.45) is 2.00. The molecule has 1 heterocycles. The summed E-state index contributed by atoms with van der Waals surface area (Å²) in [4.78, 5) is 4.06. The van der Waals surface area contributed by atoms with E-state index in [0.717, 1.165) is 22.2 Å². The number of aromatic nitrogens is 1. The number of hydrogen-bond acceptors (Lipinski definition) is 4. The molecule has 23 heavy (non-hydrogen) atoms. The Balaban J connectivity index is 1.58. The quantitative estimate of drug-likeness (QED) is 0.754. The van der Waals surface area contributed by atoms with Gasteiger partial charge in [-0.1, -0.05) is 35.9 Å². The zero-order valence-corrected chi connectivity index (χ0v) is 13.6. The molecule has 6 heteroatoms. The van der Waals surface area contributed by atoms with Crippen molar-refractivity contribution in [2.75, 3.05) is 6.54 Å². The number of aryl methyl sites for hydroxylation is 1. The zero-order chi connectivity index (χ0) is 16.3. The van der Waals surface area contributed by atoms with Gasteiger partial charge in [0.05, 0.1) is 5.75 Å². The fourth-order valence-corrected chi connectivity index (χ4v) is 3.61. The maximum Gasteiger partial charge on any atom is 0.215 e. The fourth-order valence-electron chi connectivity index (χ4n) is 2.48. The maximum absolute atomic E-state index is 12.1. The number of sulfonamides is 1. The molecular formula is C17H18N2O3S. The first-order valence-electron chi connectivity index (χ1n) is 7.37. The van der Waals surface area contributed by atoms with E-state index in [0.29, 0.717) is 18.5 Å². The van der Waals surface area contributed by atoms with Gasteiger partial charge in [0.1, 0.15) is 5.52 Å². The molecule has 2 aromatic carbocycles. The van der Waals surface area contributed by atoms with Crippen LogP contribution in [0.4, 0.5) is 0 Å². The maximum atomic E-state index is 12.1. The van der Waals surface area contributed by atoms with Crippen LogP contribution in [0.25, 0.3) is 11.1 Å². The van der Waals surface area contributed by atoms with Crippen LogP contribution in [0.1, 0.15) is 16.7 Å². The molecule has 0 spiro atoms. The van der Waals surface area contributed by atoms with Gasteiger partial charge < -0.3 is 4.42 Å². The highest BCUT2D eigenvalue weighted by atomic mass is 32.2. The van der Waals surface area contributed by atoms with Crippen LogP contribution in [-0.4, -0.2) is 19.9 Å². The second kappa shape index (κ2) is 6.52. The molecule has 0 aliphatic heterocycles. The first kappa shape index (κ1) is 15.7. The van der Waals surface area contributed by atoms with E-state index in [2.05, 4.69) is 9.71 Å². The molecule has 3 rings (SSSR count). The first-order chi connectivity index (χ1) is 11.0. The molecule has 0 aliphatic carbocycles. The van der Waals surface area contributed by atoms with Crippen molar-refractivity contribution in [2.24, 2.45) is 0 Å². The Morgan fingerprint density at radius 3 is 2.83 bits per heavy atom. The van der Waals surface area contributed by atoms with Crippen molar-refractivity contribution in [3.63, 3.8) is 0 Å². The summed E-state index contributed by atoms with van der Waals surface area (Å²) in [6, 6.07) is 13.2. The predicted molar refractivity (Wildman–Crippen MR) is 89.5 cm³/mol. The van der Waals surface area contributed by atoms with Gasteiger partial charge in [0, 0.05) is 6.54 Å². The molecule has 5 nitrogen and oxygen atoms in total. The number of fused-ring (bicyclic) bond motifs is 1. The smallest absolute Gasteiger partial charge is 0.215 e. The molecule has 0 saturated carbocycles. The molecule has 0 atom stereocenters. The summed E-state index contributed by atoms with van der Waals surface area (Å²) in [5.74, 6) is -0.00415. The standard InChI is InChI=1S/C17H18N2O3S/c1-13-3-2-4-15(9-13)11-23(20,21)19-8-7-14-5-6-16-17(10-14)22-12-18-16/h2-6,9-10,12,19H,7-8,11H2,1H3. The highest BCUT2D eigenvalue weighted by Gasteiger charge is 2.11. The van der Waals surface area contributed by atoms with Gasteiger partial charge in [-0.2, -0.15) is 0 Å². The van der Waals surface area contributed by atoms with Gasteiger partial charge in [-0.15, -0.1) is 0 Å². The number of benzene rings is 2. The van der Waals surface area contributed by atoms with E-state index in [1.807, 2.05) is 49.4 Å². The molecule has 0 saturated heterocycles. The summed E-state index contributed by atoms with van der Waals surface area (Å²) in [5, 5.41) is 0.